The Morgan fingerprint density at radius 3 is 2.00 bits per heavy atom. The van der Waals surface area contributed by atoms with Crippen molar-refractivity contribution >= 4 is 36.2 Å². The van der Waals surface area contributed by atoms with Crippen molar-refractivity contribution in [1.29, 1.82) is 0 Å². The van der Waals surface area contributed by atoms with Gasteiger partial charge in [0.2, 0.25) is 0 Å². The number of carbonyl (C=O) groups is 1. The van der Waals surface area contributed by atoms with Crippen LogP contribution in [0, 0.1) is 5.92 Å². The van der Waals surface area contributed by atoms with E-state index in [-0.39, 0.29) is 25.5 Å². The molecule has 0 spiro atoms. The first-order chi connectivity index (χ1) is 19.6. The van der Waals surface area contributed by atoms with E-state index in [2.05, 4.69) is 29.4 Å². The summed E-state index contributed by atoms with van der Waals surface area (Å²) in [5.41, 5.74) is 4.05. The number of carboxylic acid groups (broad SMARTS) is 1. The number of carboxylic acids is 1. The van der Waals surface area contributed by atoms with Crippen LogP contribution in [0.1, 0.15) is 43.9 Å². The maximum Gasteiger partial charge on any atom is 0.324 e. The highest BCUT2D eigenvalue weighted by molar-refractivity contribution is 7.56. The number of ether oxygens (including phenoxy) is 2. The summed E-state index contributed by atoms with van der Waals surface area (Å²) in [6.07, 6.45) is 0.441. The summed E-state index contributed by atoms with van der Waals surface area (Å²) >= 11 is 6.25. The number of rotatable bonds is 16. The number of hydrogen-bond donors (Lipinski definition) is 2. The van der Waals surface area contributed by atoms with Crippen molar-refractivity contribution in [2.75, 3.05) is 32.6 Å². The maximum atomic E-state index is 13.3. The lowest BCUT2D eigenvalue weighted by Gasteiger charge is -2.34. The Morgan fingerprint density at radius 1 is 0.927 bits per heavy atom. The second-order valence-corrected chi connectivity index (χ2v) is 12.6. The summed E-state index contributed by atoms with van der Waals surface area (Å²) in [4.78, 5) is 11.9. The van der Waals surface area contributed by atoms with E-state index < -0.39 is 19.0 Å². The first-order valence-corrected chi connectivity index (χ1v) is 15.9. The molecule has 0 fully saturated rings. The topological polar surface area (TPSA) is 94.1 Å². The molecule has 2 atom stereocenters. The molecule has 0 radical (unpaired) electrons. The summed E-state index contributed by atoms with van der Waals surface area (Å²) in [7, 11) is -2.24. The molecule has 7 nitrogen and oxygen atoms in total. The normalized spacial score (nSPS) is 15.1. The Morgan fingerprint density at radius 2 is 1.49 bits per heavy atom. The molecule has 2 N–H and O–H groups in total. The fourth-order valence-corrected chi connectivity index (χ4v) is 6.54. The zero-order chi connectivity index (χ0) is 29.9. The van der Waals surface area contributed by atoms with Crippen molar-refractivity contribution in [2.45, 2.75) is 32.7 Å². The predicted molar refractivity (Wildman–Crippen MR) is 166 cm³/mol. The number of alkyl halides is 1. The second-order valence-electron chi connectivity index (χ2n) is 10.1. The van der Waals surface area contributed by atoms with Gasteiger partial charge in [0.1, 0.15) is 24.2 Å². The molecule has 2 unspecified atom stereocenters. The number of halogens is 1. The van der Waals surface area contributed by atoms with Crippen LogP contribution in [0.25, 0.3) is 11.1 Å². The minimum atomic E-state index is -3.62. The molecular formula is C32H39ClNO6P. The molecule has 0 aromatic heterocycles. The van der Waals surface area contributed by atoms with Crippen molar-refractivity contribution in [3.8, 4) is 5.75 Å². The first-order valence-electron chi connectivity index (χ1n) is 13.5. The molecule has 3 aromatic rings. The molecule has 0 aliphatic heterocycles. The molecule has 0 saturated carbocycles. The van der Waals surface area contributed by atoms with Gasteiger partial charge in [-0.3, -0.25) is 9.36 Å². The summed E-state index contributed by atoms with van der Waals surface area (Å²) < 4.78 is 29.9. The van der Waals surface area contributed by atoms with Gasteiger partial charge in [0.25, 0.3) is 7.52 Å². The summed E-state index contributed by atoms with van der Waals surface area (Å²) in [5.74, 6) is -0.346. The smallest absolute Gasteiger partial charge is 0.324 e. The minimum Gasteiger partial charge on any atom is -0.491 e. The van der Waals surface area contributed by atoms with E-state index in [9.17, 15) is 14.5 Å². The molecule has 3 rings (SSSR count). The molecule has 0 aliphatic rings. The summed E-state index contributed by atoms with van der Waals surface area (Å²) in [6, 6.07) is 28.2. The number of nitrogens with one attached hydrogen (secondary N) is 1. The van der Waals surface area contributed by atoms with Crippen LogP contribution in [-0.2, 0) is 18.6 Å². The van der Waals surface area contributed by atoms with Crippen LogP contribution in [0.2, 0.25) is 0 Å². The van der Waals surface area contributed by atoms with E-state index in [1.54, 1.807) is 13.8 Å². The molecule has 220 valence electrons. The van der Waals surface area contributed by atoms with Crippen molar-refractivity contribution in [1.82, 2.24) is 5.09 Å². The molecule has 0 bridgehead atoms. The number of aliphatic carboxylic acids is 1. The lowest BCUT2D eigenvalue weighted by Crippen LogP contribution is -2.52. The van der Waals surface area contributed by atoms with E-state index in [0.717, 1.165) is 27.8 Å². The quantitative estimate of drug-likeness (QED) is 0.0759. The van der Waals surface area contributed by atoms with Gasteiger partial charge < -0.3 is 19.1 Å². The van der Waals surface area contributed by atoms with E-state index in [0.29, 0.717) is 18.1 Å². The Bertz CT molecular complexity index is 1330. The van der Waals surface area contributed by atoms with Crippen LogP contribution in [0.15, 0.2) is 84.9 Å². The van der Waals surface area contributed by atoms with Gasteiger partial charge in [-0.25, -0.2) is 5.09 Å². The van der Waals surface area contributed by atoms with Gasteiger partial charge in [0, 0.05) is 13.0 Å². The Balaban J connectivity index is 1.77. The Hall–Kier alpha value is -2.93. The van der Waals surface area contributed by atoms with Crippen LogP contribution in [0.3, 0.4) is 0 Å². The SMILES string of the molecule is COCP(=O)(NC(C)(C(=O)O)C(C)C)OCCOc1ccc(/C(=C(\CCCl)c2ccccc2)c2ccccc2)cc1. The van der Waals surface area contributed by atoms with Crippen LogP contribution in [0.4, 0.5) is 0 Å². The standard InChI is InChI=1S/C32H39ClNO6P/c1-24(2)32(3,31(35)36)34-41(37,23-38-4)40-22-21-39-28-17-15-27(16-18-28)30(26-13-9-6-10-14-26)29(19-20-33)25-11-7-5-8-12-25/h5-18,24H,19-23H2,1-4H3,(H,34,37)(H,35,36)/b30-29+. The average molecular weight is 600 g/mol. The summed E-state index contributed by atoms with van der Waals surface area (Å²) in [6.45, 7) is 5.05. The second kappa shape index (κ2) is 15.3. The van der Waals surface area contributed by atoms with Crippen molar-refractivity contribution < 1.29 is 28.5 Å². The van der Waals surface area contributed by atoms with Crippen LogP contribution >= 0.6 is 19.1 Å². The average Bonchev–Trinajstić information content (AvgIpc) is 2.96. The molecule has 0 amide bonds. The van der Waals surface area contributed by atoms with Gasteiger partial charge in [0.05, 0.1) is 6.61 Å². The van der Waals surface area contributed by atoms with Gasteiger partial charge in [-0.1, -0.05) is 86.6 Å². The molecule has 41 heavy (non-hydrogen) atoms. The van der Waals surface area contributed by atoms with E-state index in [1.165, 1.54) is 14.0 Å². The fourth-order valence-electron chi connectivity index (χ4n) is 4.38. The molecule has 9 heteroatoms. The molecule has 0 saturated heterocycles. The number of methoxy groups -OCH3 is 1. The number of allylic oxidation sites excluding steroid dienone is 1. The van der Waals surface area contributed by atoms with Gasteiger partial charge in [-0.15, -0.1) is 11.6 Å². The molecular weight excluding hydrogens is 561 g/mol. The largest absolute Gasteiger partial charge is 0.491 e. The molecule has 3 aromatic carbocycles. The summed E-state index contributed by atoms with van der Waals surface area (Å²) in [5, 5.41) is 12.4. The zero-order valence-corrected chi connectivity index (χ0v) is 25.7. The fraction of sp³-hybridized carbons (Fsp3) is 0.344. The number of benzene rings is 3. The van der Waals surface area contributed by atoms with Gasteiger partial charge in [-0.05, 0) is 59.2 Å². The third-order valence-corrected chi connectivity index (χ3v) is 9.12. The first kappa shape index (κ1) is 32.6. The van der Waals surface area contributed by atoms with Gasteiger partial charge in [0.15, 0.2) is 0 Å². The molecule has 0 heterocycles. The van der Waals surface area contributed by atoms with Crippen LogP contribution in [0.5, 0.6) is 5.75 Å². The minimum absolute atomic E-state index is 0.0216. The molecule has 0 aliphatic carbocycles. The lowest BCUT2D eigenvalue weighted by atomic mass is 9.88. The predicted octanol–water partition coefficient (Wildman–Crippen LogP) is 7.56. The van der Waals surface area contributed by atoms with Crippen LogP contribution in [-0.4, -0.2) is 49.2 Å². The monoisotopic (exact) mass is 599 g/mol. The highest BCUT2D eigenvalue weighted by Gasteiger charge is 2.43. The van der Waals surface area contributed by atoms with E-state index >= 15 is 0 Å². The van der Waals surface area contributed by atoms with E-state index in [1.807, 2.05) is 60.7 Å². The van der Waals surface area contributed by atoms with Gasteiger partial charge >= 0.3 is 5.97 Å². The third kappa shape index (κ3) is 8.78. The van der Waals surface area contributed by atoms with E-state index in [4.69, 9.17) is 25.6 Å². The Kier molecular flexibility index (Phi) is 12.2. The van der Waals surface area contributed by atoms with Crippen molar-refractivity contribution in [3.05, 3.63) is 102 Å². The highest BCUT2D eigenvalue weighted by Crippen LogP contribution is 2.45. The lowest BCUT2D eigenvalue weighted by molar-refractivity contribution is -0.145. The highest BCUT2D eigenvalue weighted by atomic mass is 35.5. The van der Waals surface area contributed by atoms with Crippen molar-refractivity contribution in [3.63, 3.8) is 0 Å². The van der Waals surface area contributed by atoms with Crippen molar-refractivity contribution in [2.24, 2.45) is 5.92 Å². The third-order valence-electron chi connectivity index (χ3n) is 6.93. The van der Waals surface area contributed by atoms with Gasteiger partial charge in [-0.2, -0.15) is 0 Å². The number of hydrogen-bond acceptors (Lipinski definition) is 5. The Labute approximate surface area is 248 Å². The maximum absolute atomic E-state index is 13.3. The van der Waals surface area contributed by atoms with Crippen LogP contribution < -0.4 is 9.82 Å². The zero-order valence-electron chi connectivity index (χ0n) is 24.0.